The average molecular weight is 539 g/mol. The van der Waals surface area contributed by atoms with Gasteiger partial charge in [-0.1, -0.05) is 18.2 Å². The summed E-state index contributed by atoms with van der Waals surface area (Å²) in [5.41, 5.74) is 2.37. The number of piperazine rings is 1. The van der Waals surface area contributed by atoms with Crippen LogP contribution in [0.25, 0.3) is 0 Å². The van der Waals surface area contributed by atoms with Gasteiger partial charge in [0.25, 0.3) is 0 Å². The predicted octanol–water partition coefficient (Wildman–Crippen LogP) is 3.43. The predicted molar refractivity (Wildman–Crippen MR) is 137 cm³/mol. The molecule has 0 aliphatic carbocycles. The summed E-state index contributed by atoms with van der Waals surface area (Å²) in [4.78, 5) is 23.7. The topological polar surface area (TPSA) is 51.2 Å². The summed E-state index contributed by atoms with van der Waals surface area (Å²) in [5, 5.41) is 6.91. The van der Waals surface area contributed by atoms with Gasteiger partial charge in [0.05, 0.1) is 5.00 Å². The zero-order valence-electron chi connectivity index (χ0n) is 17.4. The lowest BCUT2D eigenvalue weighted by Gasteiger charge is -2.37. The first-order chi connectivity index (χ1) is 14.3. The van der Waals surface area contributed by atoms with Gasteiger partial charge in [-0.3, -0.25) is 9.79 Å². The second kappa shape index (κ2) is 11.0. The second-order valence-electron chi connectivity index (χ2n) is 7.43. The number of aliphatic imine (C=N–C) groups is 1. The SMILES string of the molecule is CN=C(NCCCC(=O)N1CCc2ccccc21)N1CCN(c2cccs2)CC1.I. The highest BCUT2D eigenvalue weighted by atomic mass is 127. The van der Waals surface area contributed by atoms with E-state index in [1.165, 1.54) is 10.6 Å². The van der Waals surface area contributed by atoms with E-state index in [0.717, 1.165) is 63.8 Å². The van der Waals surface area contributed by atoms with Crippen LogP contribution in [-0.2, 0) is 11.2 Å². The van der Waals surface area contributed by atoms with Crippen molar-refractivity contribution in [3.8, 4) is 0 Å². The number of anilines is 2. The molecule has 0 radical (unpaired) electrons. The van der Waals surface area contributed by atoms with Gasteiger partial charge in [-0.15, -0.1) is 35.3 Å². The lowest BCUT2D eigenvalue weighted by Crippen LogP contribution is -2.52. The quantitative estimate of drug-likeness (QED) is 0.274. The maximum absolute atomic E-state index is 12.6. The summed E-state index contributed by atoms with van der Waals surface area (Å²) in [6, 6.07) is 12.5. The summed E-state index contributed by atoms with van der Waals surface area (Å²) in [6.45, 7) is 5.51. The Morgan fingerprint density at radius 1 is 1.10 bits per heavy atom. The van der Waals surface area contributed by atoms with Crippen LogP contribution in [0.15, 0.2) is 46.8 Å². The number of nitrogens with zero attached hydrogens (tertiary/aromatic N) is 4. The Bertz CT molecular complexity index is 849. The number of halogens is 1. The number of rotatable bonds is 5. The first-order valence-corrected chi connectivity index (χ1v) is 11.3. The van der Waals surface area contributed by atoms with Gasteiger partial charge in [-0.25, -0.2) is 0 Å². The molecule has 0 unspecified atom stereocenters. The Labute approximate surface area is 200 Å². The van der Waals surface area contributed by atoms with Crippen LogP contribution < -0.4 is 15.1 Å². The van der Waals surface area contributed by atoms with E-state index in [9.17, 15) is 4.79 Å². The van der Waals surface area contributed by atoms with Gasteiger partial charge in [0.1, 0.15) is 0 Å². The molecule has 30 heavy (non-hydrogen) atoms. The lowest BCUT2D eigenvalue weighted by molar-refractivity contribution is -0.118. The molecule has 0 spiro atoms. The zero-order valence-corrected chi connectivity index (χ0v) is 20.6. The minimum atomic E-state index is 0. The minimum absolute atomic E-state index is 0. The number of thiophene rings is 1. The summed E-state index contributed by atoms with van der Waals surface area (Å²) in [7, 11) is 1.83. The van der Waals surface area contributed by atoms with Crippen LogP contribution in [0, 0.1) is 0 Å². The highest BCUT2D eigenvalue weighted by Crippen LogP contribution is 2.28. The first-order valence-electron chi connectivity index (χ1n) is 10.4. The van der Waals surface area contributed by atoms with Crippen molar-refractivity contribution in [2.75, 3.05) is 56.1 Å². The monoisotopic (exact) mass is 539 g/mol. The van der Waals surface area contributed by atoms with Crippen molar-refractivity contribution in [2.24, 2.45) is 4.99 Å². The maximum Gasteiger partial charge on any atom is 0.227 e. The van der Waals surface area contributed by atoms with Crippen molar-refractivity contribution in [3.05, 3.63) is 47.3 Å². The second-order valence-corrected chi connectivity index (χ2v) is 8.35. The van der Waals surface area contributed by atoms with Crippen LogP contribution >= 0.6 is 35.3 Å². The molecule has 0 atom stereocenters. The van der Waals surface area contributed by atoms with Crippen LogP contribution in [0.2, 0.25) is 0 Å². The van der Waals surface area contributed by atoms with E-state index in [1.54, 1.807) is 11.3 Å². The van der Waals surface area contributed by atoms with Gasteiger partial charge in [0, 0.05) is 58.4 Å². The highest BCUT2D eigenvalue weighted by molar-refractivity contribution is 14.0. The number of para-hydroxylation sites is 1. The van der Waals surface area contributed by atoms with Crippen molar-refractivity contribution < 1.29 is 4.79 Å². The molecule has 1 amide bonds. The molecule has 0 bridgehead atoms. The fourth-order valence-electron chi connectivity index (χ4n) is 4.09. The fourth-order valence-corrected chi connectivity index (χ4v) is 4.88. The van der Waals surface area contributed by atoms with Gasteiger partial charge in [0.15, 0.2) is 5.96 Å². The van der Waals surface area contributed by atoms with Gasteiger partial charge in [0.2, 0.25) is 5.91 Å². The van der Waals surface area contributed by atoms with Crippen molar-refractivity contribution in [2.45, 2.75) is 19.3 Å². The van der Waals surface area contributed by atoms with Gasteiger partial charge < -0.3 is 20.0 Å². The molecule has 4 rings (SSSR count). The molecular formula is C22H30IN5OS. The smallest absolute Gasteiger partial charge is 0.227 e. The standard InChI is InChI=1S/C22H29N5OS.HI/c1-23-22(26-15-13-25(14-16-26)21-9-5-17-29-21)24-11-4-8-20(28)27-12-10-18-6-2-3-7-19(18)27;/h2-3,5-7,9,17H,4,8,10-16H2,1H3,(H,23,24);1H. The minimum Gasteiger partial charge on any atom is -0.360 e. The van der Waals surface area contributed by atoms with E-state index in [-0.39, 0.29) is 29.9 Å². The van der Waals surface area contributed by atoms with E-state index in [2.05, 4.69) is 49.8 Å². The van der Waals surface area contributed by atoms with Crippen molar-refractivity contribution >= 4 is 57.9 Å². The summed E-state index contributed by atoms with van der Waals surface area (Å²) >= 11 is 1.80. The molecule has 2 aliphatic heterocycles. The summed E-state index contributed by atoms with van der Waals surface area (Å²) in [6.07, 6.45) is 2.33. The lowest BCUT2D eigenvalue weighted by atomic mass is 10.2. The molecule has 1 aromatic heterocycles. The summed E-state index contributed by atoms with van der Waals surface area (Å²) in [5.74, 6) is 1.16. The van der Waals surface area contributed by atoms with E-state index in [0.29, 0.717) is 6.42 Å². The molecular weight excluding hydrogens is 509 g/mol. The van der Waals surface area contributed by atoms with Crippen LogP contribution in [-0.4, -0.2) is 63.1 Å². The van der Waals surface area contributed by atoms with E-state index < -0.39 is 0 Å². The molecule has 1 fully saturated rings. The number of carbonyl (C=O) groups excluding carboxylic acids is 1. The number of guanidine groups is 1. The number of nitrogens with one attached hydrogen (secondary N) is 1. The number of hydrogen-bond donors (Lipinski definition) is 1. The third kappa shape index (κ3) is 5.26. The fraction of sp³-hybridized carbons (Fsp3) is 0.455. The molecule has 0 saturated carbocycles. The Kier molecular flexibility index (Phi) is 8.38. The average Bonchev–Trinajstić information content (AvgIpc) is 3.44. The van der Waals surface area contributed by atoms with E-state index >= 15 is 0 Å². The molecule has 2 aliphatic rings. The Balaban J connectivity index is 0.00000256. The number of benzene rings is 1. The molecule has 8 heteroatoms. The normalized spacial score (nSPS) is 16.3. The van der Waals surface area contributed by atoms with Crippen molar-refractivity contribution in [1.82, 2.24) is 10.2 Å². The Hall–Kier alpha value is -1.81. The van der Waals surface area contributed by atoms with Crippen LogP contribution in [0.3, 0.4) is 0 Å². The molecule has 2 aromatic rings. The third-order valence-electron chi connectivity index (χ3n) is 5.65. The highest BCUT2D eigenvalue weighted by Gasteiger charge is 2.24. The first kappa shape index (κ1) is 22.9. The largest absolute Gasteiger partial charge is 0.360 e. The number of carbonyl (C=O) groups is 1. The number of amides is 1. The molecule has 3 heterocycles. The number of fused-ring (bicyclic) bond motifs is 1. The molecule has 1 saturated heterocycles. The van der Waals surface area contributed by atoms with Crippen molar-refractivity contribution in [1.29, 1.82) is 0 Å². The Morgan fingerprint density at radius 3 is 2.63 bits per heavy atom. The molecule has 1 N–H and O–H groups in total. The van der Waals surface area contributed by atoms with E-state index in [4.69, 9.17) is 0 Å². The van der Waals surface area contributed by atoms with Crippen LogP contribution in [0.4, 0.5) is 10.7 Å². The van der Waals surface area contributed by atoms with Crippen LogP contribution in [0.5, 0.6) is 0 Å². The zero-order chi connectivity index (χ0) is 20.1. The van der Waals surface area contributed by atoms with E-state index in [1.807, 2.05) is 24.1 Å². The van der Waals surface area contributed by atoms with Crippen LogP contribution in [0.1, 0.15) is 18.4 Å². The van der Waals surface area contributed by atoms with Gasteiger partial charge >= 0.3 is 0 Å². The molecule has 1 aromatic carbocycles. The Morgan fingerprint density at radius 2 is 1.90 bits per heavy atom. The number of hydrogen-bond acceptors (Lipinski definition) is 4. The molecule has 162 valence electrons. The molecule has 6 nitrogen and oxygen atoms in total. The van der Waals surface area contributed by atoms with Gasteiger partial charge in [-0.2, -0.15) is 0 Å². The van der Waals surface area contributed by atoms with Crippen molar-refractivity contribution in [3.63, 3.8) is 0 Å². The van der Waals surface area contributed by atoms with Gasteiger partial charge in [-0.05, 0) is 42.0 Å². The third-order valence-corrected chi connectivity index (χ3v) is 6.58. The maximum atomic E-state index is 12.6. The summed E-state index contributed by atoms with van der Waals surface area (Å²) < 4.78 is 0.